The van der Waals surface area contributed by atoms with Crippen LogP contribution < -0.4 is 4.72 Å². The third-order valence-electron chi connectivity index (χ3n) is 2.17. The van der Waals surface area contributed by atoms with Crippen LogP contribution in [0.25, 0.3) is 0 Å². The second-order valence-electron chi connectivity index (χ2n) is 4.05. The third-order valence-corrected chi connectivity index (χ3v) is 4.28. The molecule has 0 aliphatic heterocycles. The Kier molecular flexibility index (Phi) is 4.99. The van der Waals surface area contributed by atoms with Gasteiger partial charge in [-0.1, -0.05) is 23.2 Å². The van der Waals surface area contributed by atoms with Crippen LogP contribution in [0.1, 0.15) is 6.92 Å². The summed E-state index contributed by atoms with van der Waals surface area (Å²) in [6, 6.07) is 4.04. The summed E-state index contributed by atoms with van der Waals surface area (Å²) >= 11 is 11.5. The van der Waals surface area contributed by atoms with Crippen molar-refractivity contribution in [2.45, 2.75) is 17.4 Å². The summed E-state index contributed by atoms with van der Waals surface area (Å²) in [6.07, 6.45) is 0. The summed E-state index contributed by atoms with van der Waals surface area (Å²) < 4.78 is 26.0. The van der Waals surface area contributed by atoms with Gasteiger partial charge in [0.15, 0.2) is 0 Å². The highest BCUT2D eigenvalue weighted by molar-refractivity contribution is 7.89. The van der Waals surface area contributed by atoms with Gasteiger partial charge in [-0.3, -0.25) is 0 Å². The molecule has 0 bridgehead atoms. The number of sulfonamides is 1. The van der Waals surface area contributed by atoms with Gasteiger partial charge >= 0.3 is 0 Å². The van der Waals surface area contributed by atoms with Gasteiger partial charge in [0.05, 0.1) is 17.2 Å². The maximum absolute atomic E-state index is 11.9. The molecule has 0 aromatic heterocycles. The van der Waals surface area contributed by atoms with E-state index in [9.17, 15) is 13.5 Å². The molecule has 1 aromatic carbocycles. The van der Waals surface area contributed by atoms with Gasteiger partial charge in [-0.15, -0.1) is 0 Å². The van der Waals surface area contributed by atoms with Crippen LogP contribution >= 0.6 is 23.2 Å². The first-order valence-corrected chi connectivity index (χ1v) is 7.20. The molecule has 0 aliphatic carbocycles. The van der Waals surface area contributed by atoms with Gasteiger partial charge < -0.3 is 10.2 Å². The van der Waals surface area contributed by atoms with Crippen molar-refractivity contribution in [3.63, 3.8) is 0 Å². The molecule has 0 saturated heterocycles. The summed E-state index contributed by atoms with van der Waals surface area (Å²) in [5.74, 6) is 0. The fraction of sp³-hybridized carbons (Fsp3) is 0.400. The second kappa shape index (κ2) is 5.73. The van der Waals surface area contributed by atoms with Gasteiger partial charge in [0.2, 0.25) is 10.0 Å². The number of rotatable bonds is 5. The third kappa shape index (κ3) is 4.08. The lowest BCUT2D eigenvalue weighted by Gasteiger charge is -2.20. The van der Waals surface area contributed by atoms with Crippen LogP contribution in [0.4, 0.5) is 0 Å². The number of aliphatic hydroxyl groups excluding tert-OH is 1. The highest BCUT2D eigenvalue weighted by Crippen LogP contribution is 2.24. The van der Waals surface area contributed by atoms with Gasteiger partial charge in [0, 0.05) is 11.6 Å². The van der Waals surface area contributed by atoms with Crippen LogP contribution in [-0.4, -0.2) is 37.4 Å². The number of halogens is 2. The van der Waals surface area contributed by atoms with Crippen molar-refractivity contribution >= 4 is 33.2 Å². The highest BCUT2D eigenvalue weighted by atomic mass is 35.5. The molecule has 0 fully saturated rings. The normalized spacial score (nSPS) is 15.4. The van der Waals surface area contributed by atoms with Crippen molar-refractivity contribution < 1.29 is 18.6 Å². The lowest BCUT2D eigenvalue weighted by atomic mass is 10.1. The van der Waals surface area contributed by atoms with Crippen molar-refractivity contribution in [3.05, 3.63) is 28.2 Å². The molecule has 18 heavy (non-hydrogen) atoms. The predicted molar refractivity (Wildman–Crippen MR) is 69.4 cm³/mol. The van der Waals surface area contributed by atoms with Gasteiger partial charge in [-0.05, 0) is 25.1 Å². The molecule has 0 amide bonds. The molecule has 1 aromatic rings. The van der Waals surface area contributed by atoms with E-state index in [1.54, 1.807) is 0 Å². The van der Waals surface area contributed by atoms with Gasteiger partial charge in [0.1, 0.15) is 4.90 Å². The Balaban J connectivity index is 2.97. The molecule has 5 nitrogen and oxygen atoms in total. The van der Waals surface area contributed by atoms with Crippen LogP contribution in [0.15, 0.2) is 23.1 Å². The molecule has 102 valence electrons. The molecule has 1 atom stereocenters. The van der Waals surface area contributed by atoms with Gasteiger partial charge in [-0.2, -0.15) is 0 Å². The first-order valence-electron chi connectivity index (χ1n) is 4.96. The van der Waals surface area contributed by atoms with E-state index in [2.05, 4.69) is 4.72 Å². The lowest BCUT2D eigenvalue weighted by Crippen LogP contribution is -2.43. The first kappa shape index (κ1) is 15.7. The largest absolute Gasteiger partial charge is 0.393 e. The Morgan fingerprint density at radius 1 is 1.39 bits per heavy atom. The molecule has 8 heteroatoms. The topological polar surface area (TPSA) is 86.6 Å². The standard InChI is InChI=1S/C10H13Cl2NO4S/c1-10(15,6-14)5-13-18(16,17)9-4-7(11)2-3-8(9)12/h2-4,13-15H,5-6H2,1H3. The molecular formula is C10H13Cl2NO4S. The summed E-state index contributed by atoms with van der Waals surface area (Å²) in [5, 5.41) is 18.6. The fourth-order valence-electron chi connectivity index (χ4n) is 1.07. The average molecular weight is 314 g/mol. The summed E-state index contributed by atoms with van der Waals surface area (Å²) in [7, 11) is -3.89. The Bertz CT molecular complexity index is 531. The van der Waals surface area contributed by atoms with E-state index in [0.717, 1.165) is 0 Å². The van der Waals surface area contributed by atoms with Gasteiger partial charge in [0.25, 0.3) is 0 Å². The van der Waals surface area contributed by atoms with E-state index in [1.165, 1.54) is 25.1 Å². The number of aliphatic hydroxyl groups is 2. The number of hydrogen-bond donors (Lipinski definition) is 3. The number of benzene rings is 1. The smallest absolute Gasteiger partial charge is 0.242 e. The molecule has 0 radical (unpaired) electrons. The minimum absolute atomic E-state index is 0.0236. The van der Waals surface area contributed by atoms with E-state index in [0.29, 0.717) is 0 Å². The number of nitrogens with one attached hydrogen (secondary N) is 1. The Morgan fingerprint density at radius 3 is 2.56 bits per heavy atom. The lowest BCUT2D eigenvalue weighted by molar-refractivity contribution is 0.00681. The molecule has 3 N–H and O–H groups in total. The van der Waals surface area contributed by atoms with E-state index in [-0.39, 0.29) is 21.5 Å². The average Bonchev–Trinajstić information content (AvgIpc) is 2.30. The van der Waals surface area contributed by atoms with E-state index < -0.39 is 22.2 Å². The summed E-state index contributed by atoms with van der Waals surface area (Å²) in [5.41, 5.74) is -1.54. The van der Waals surface area contributed by atoms with Crippen LogP contribution in [0.3, 0.4) is 0 Å². The fourth-order valence-corrected chi connectivity index (χ4v) is 2.99. The van der Waals surface area contributed by atoms with Crippen molar-refractivity contribution in [1.82, 2.24) is 4.72 Å². The molecular weight excluding hydrogens is 301 g/mol. The zero-order valence-electron chi connectivity index (χ0n) is 9.52. The van der Waals surface area contributed by atoms with E-state index >= 15 is 0 Å². The Morgan fingerprint density at radius 2 is 2.00 bits per heavy atom. The Hall–Kier alpha value is -0.370. The van der Waals surface area contributed by atoms with Gasteiger partial charge in [-0.25, -0.2) is 13.1 Å². The van der Waals surface area contributed by atoms with Crippen LogP contribution in [0.5, 0.6) is 0 Å². The van der Waals surface area contributed by atoms with E-state index in [4.69, 9.17) is 28.3 Å². The number of hydrogen-bond acceptors (Lipinski definition) is 4. The monoisotopic (exact) mass is 313 g/mol. The maximum Gasteiger partial charge on any atom is 0.242 e. The zero-order valence-corrected chi connectivity index (χ0v) is 11.8. The minimum atomic E-state index is -3.89. The summed E-state index contributed by atoms with van der Waals surface area (Å²) in [4.78, 5) is -0.176. The zero-order chi connectivity index (χ0) is 14.0. The van der Waals surface area contributed by atoms with E-state index in [1.807, 2.05) is 0 Å². The highest BCUT2D eigenvalue weighted by Gasteiger charge is 2.24. The van der Waals surface area contributed by atoms with Crippen LogP contribution in [0, 0.1) is 0 Å². The minimum Gasteiger partial charge on any atom is -0.393 e. The second-order valence-corrected chi connectivity index (χ2v) is 6.63. The van der Waals surface area contributed by atoms with Crippen molar-refractivity contribution in [1.29, 1.82) is 0 Å². The molecule has 0 aliphatic rings. The molecule has 0 heterocycles. The quantitative estimate of drug-likeness (QED) is 0.757. The van der Waals surface area contributed by atoms with Crippen LogP contribution in [0.2, 0.25) is 10.0 Å². The molecule has 0 spiro atoms. The molecule has 1 rings (SSSR count). The van der Waals surface area contributed by atoms with Crippen molar-refractivity contribution in [2.75, 3.05) is 13.2 Å². The van der Waals surface area contributed by atoms with Crippen molar-refractivity contribution in [2.24, 2.45) is 0 Å². The Labute approximate surface area is 115 Å². The molecule has 0 saturated carbocycles. The predicted octanol–water partition coefficient (Wildman–Crippen LogP) is 1.02. The maximum atomic E-state index is 11.9. The van der Waals surface area contributed by atoms with Crippen molar-refractivity contribution in [3.8, 4) is 0 Å². The SMILES string of the molecule is CC(O)(CO)CNS(=O)(=O)c1cc(Cl)ccc1Cl. The summed E-state index contributed by atoms with van der Waals surface area (Å²) in [6.45, 7) is 0.391. The van der Waals surface area contributed by atoms with Crippen LogP contribution in [-0.2, 0) is 10.0 Å². The first-order chi connectivity index (χ1) is 8.18. The molecule has 1 unspecified atom stereocenters.